The zero-order valence-electron chi connectivity index (χ0n) is 16.7. The fourth-order valence-corrected chi connectivity index (χ4v) is 3.91. The van der Waals surface area contributed by atoms with E-state index in [1.165, 1.54) is 25.3 Å². The molecule has 3 aromatic rings. The molecule has 2 unspecified atom stereocenters. The third-order valence-corrected chi connectivity index (χ3v) is 5.59. The summed E-state index contributed by atoms with van der Waals surface area (Å²) in [5, 5.41) is 12.5. The smallest absolute Gasteiger partial charge is 0.296 e. The Hall–Kier alpha value is -2.99. The standard InChI is InChI=1S/C20H18ClFN4O6/c1-29-8-2-3-11(22)9(4-8)19(28)25-17-10(21)5-12-18(24-17)26-20(23-12)32-14-7-31-15-13(27)6-30-16(14)15/h2-5,13-16,27H,6-7H2,1H3,(H2,23,24,25,26,28)/t13-,14-,15?,16?/m1/s1. The molecule has 3 N–H and O–H groups in total. The number of fused-ring (bicyclic) bond motifs is 2. The summed E-state index contributed by atoms with van der Waals surface area (Å²) in [5.41, 5.74) is 0.481. The first-order valence-corrected chi connectivity index (χ1v) is 10.1. The van der Waals surface area contributed by atoms with E-state index in [-0.39, 0.29) is 41.3 Å². The molecule has 5 rings (SSSR count). The van der Waals surface area contributed by atoms with Gasteiger partial charge >= 0.3 is 0 Å². The summed E-state index contributed by atoms with van der Waals surface area (Å²) in [7, 11) is 1.41. The van der Waals surface area contributed by atoms with Crippen LogP contribution in [0.2, 0.25) is 5.02 Å². The average Bonchev–Trinajstić information content (AvgIpc) is 3.46. The first kappa shape index (κ1) is 20.9. The number of hydrogen-bond donors (Lipinski definition) is 3. The Morgan fingerprint density at radius 1 is 1.28 bits per heavy atom. The summed E-state index contributed by atoms with van der Waals surface area (Å²) in [4.78, 5) is 24.0. The number of carbonyl (C=O) groups is 1. The number of imidazole rings is 1. The lowest BCUT2D eigenvalue weighted by Gasteiger charge is -2.15. The Morgan fingerprint density at radius 2 is 2.09 bits per heavy atom. The van der Waals surface area contributed by atoms with Crippen LogP contribution < -0.4 is 14.8 Å². The number of pyridine rings is 1. The lowest BCUT2D eigenvalue weighted by Crippen LogP contribution is -2.34. The van der Waals surface area contributed by atoms with E-state index >= 15 is 0 Å². The maximum Gasteiger partial charge on any atom is 0.296 e. The predicted octanol–water partition coefficient (Wildman–Crippen LogP) is 1.92. The van der Waals surface area contributed by atoms with Crippen molar-refractivity contribution >= 4 is 34.5 Å². The van der Waals surface area contributed by atoms with E-state index in [9.17, 15) is 14.3 Å². The molecule has 0 bridgehead atoms. The Bertz CT molecular complexity index is 1190. The SMILES string of the molecule is COc1ccc(F)c(C(=O)Nc2nc3nc(O[C@@H]4COC5C4OC[C@H]5O)[nH]c3cc2Cl)c1. The molecule has 2 aliphatic heterocycles. The molecule has 1 amide bonds. The number of rotatable bonds is 5. The van der Waals surface area contributed by atoms with Gasteiger partial charge in [0.2, 0.25) is 0 Å². The monoisotopic (exact) mass is 464 g/mol. The minimum Gasteiger partial charge on any atom is -0.497 e. The molecule has 4 atom stereocenters. The van der Waals surface area contributed by atoms with Gasteiger partial charge in [-0.2, -0.15) is 4.98 Å². The van der Waals surface area contributed by atoms with Crippen LogP contribution in [0.5, 0.6) is 11.8 Å². The van der Waals surface area contributed by atoms with E-state index in [1.54, 1.807) is 0 Å². The number of anilines is 1. The predicted molar refractivity (Wildman–Crippen MR) is 110 cm³/mol. The molecule has 12 heteroatoms. The molecule has 1 aromatic carbocycles. The second kappa shape index (κ2) is 8.17. The molecule has 0 saturated carbocycles. The van der Waals surface area contributed by atoms with E-state index in [2.05, 4.69) is 20.3 Å². The second-order valence-corrected chi connectivity index (χ2v) is 7.76. The Morgan fingerprint density at radius 3 is 2.91 bits per heavy atom. The number of aliphatic hydroxyl groups is 1. The largest absolute Gasteiger partial charge is 0.497 e. The van der Waals surface area contributed by atoms with Crippen LogP contribution in [0.25, 0.3) is 11.2 Å². The highest BCUT2D eigenvalue weighted by Crippen LogP contribution is 2.31. The molecule has 0 spiro atoms. The van der Waals surface area contributed by atoms with Gasteiger partial charge in [0.15, 0.2) is 17.6 Å². The van der Waals surface area contributed by atoms with Crippen molar-refractivity contribution < 1.29 is 33.2 Å². The first-order chi connectivity index (χ1) is 15.4. The zero-order valence-corrected chi connectivity index (χ0v) is 17.4. The van der Waals surface area contributed by atoms with Gasteiger partial charge in [0.25, 0.3) is 11.9 Å². The highest BCUT2D eigenvalue weighted by molar-refractivity contribution is 6.34. The van der Waals surface area contributed by atoms with Gasteiger partial charge in [0.05, 0.1) is 36.4 Å². The third kappa shape index (κ3) is 3.73. The van der Waals surface area contributed by atoms with Crippen LogP contribution in [0, 0.1) is 5.82 Å². The number of nitrogens with zero attached hydrogens (tertiary/aromatic N) is 2. The van der Waals surface area contributed by atoms with Gasteiger partial charge in [-0.1, -0.05) is 11.6 Å². The van der Waals surface area contributed by atoms with Gasteiger partial charge < -0.3 is 34.4 Å². The van der Waals surface area contributed by atoms with Gasteiger partial charge in [-0.3, -0.25) is 4.79 Å². The molecular weight excluding hydrogens is 447 g/mol. The maximum atomic E-state index is 14.1. The number of carbonyl (C=O) groups excluding carboxylic acids is 1. The molecule has 2 fully saturated rings. The van der Waals surface area contributed by atoms with Crippen LogP contribution in [0.1, 0.15) is 10.4 Å². The number of amides is 1. The number of H-pyrrole nitrogens is 1. The van der Waals surface area contributed by atoms with Gasteiger partial charge in [0.1, 0.15) is 29.9 Å². The minimum atomic E-state index is -0.742. The second-order valence-electron chi connectivity index (χ2n) is 7.35. The molecule has 0 aliphatic carbocycles. The maximum absolute atomic E-state index is 14.1. The summed E-state index contributed by atoms with van der Waals surface area (Å²) in [6.07, 6.45) is -1.98. The van der Waals surface area contributed by atoms with Gasteiger partial charge in [-0.05, 0) is 24.3 Å². The first-order valence-electron chi connectivity index (χ1n) is 9.72. The topological polar surface area (TPSA) is 128 Å². The highest BCUT2D eigenvalue weighted by atomic mass is 35.5. The molecule has 10 nitrogen and oxygen atoms in total. The fourth-order valence-electron chi connectivity index (χ4n) is 3.71. The van der Waals surface area contributed by atoms with E-state index in [4.69, 9.17) is 30.5 Å². The molecule has 0 radical (unpaired) electrons. The van der Waals surface area contributed by atoms with E-state index in [0.717, 1.165) is 6.07 Å². The van der Waals surface area contributed by atoms with Crippen LogP contribution in [-0.4, -0.2) is 70.7 Å². The average molecular weight is 465 g/mol. The number of benzene rings is 1. The Labute approximate surface area is 185 Å². The van der Waals surface area contributed by atoms with E-state index < -0.39 is 36.1 Å². The summed E-state index contributed by atoms with van der Waals surface area (Å²) in [6, 6.07) is 5.49. The van der Waals surface area contributed by atoms with Crippen LogP contribution >= 0.6 is 11.6 Å². The minimum absolute atomic E-state index is 0.0101. The summed E-state index contributed by atoms with van der Waals surface area (Å²) in [6.45, 7) is 0.425. The van der Waals surface area contributed by atoms with Crippen LogP contribution in [0.15, 0.2) is 24.3 Å². The number of hydrogen-bond acceptors (Lipinski definition) is 8. The molecule has 4 heterocycles. The molecule has 168 valence electrons. The van der Waals surface area contributed by atoms with Crippen LogP contribution in [-0.2, 0) is 9.47 Å². The van der Waals surface area contributed by atoms with Gasteiger partial charge in [-0.25, -0.2) is 9.37 Å². The molecule has 2 saturated heterocycles. The van der Waals surface area contributed by atoms with Crippen molar-refractivity contribution in [2.75, 3.05) is 25.6 Å². The summed E-state index contributed by atoms with van der Waals surface area (Å²) < 4.78 is 36.0. The fraction of sp³-hybridized carbons (Fsp3) is 0.350. The van der Waals surface area contributed by atoms with Gasteiger partial charge in [0, 0.05) is 0 Å². The van der Waals surface area contributed by atoms with Crippen molar-refractivity contribution in [3.05, 3.63) is 40.7 Å². The number of nitrogens with one attached hydrogen (secondary N) is 2. The molecule has 2 aromatic heterocycles. The van der Waals surface area contributed by atoms with E-state index in [0.29, 0.717) is 11.3 Å². The van der Waals surface area contributed by atoms with Crippen molar-refractivity contribution in [1.82, 2.24) is 15.0 Å². The third-order valence-electron chi connectivity index (χ3n) is 5.30. The van der Waals surface area contributed by atoms with Crippen LogP contribution in [0.4, 0.5) is 10.2 Å². The number of ether oxygens (including phenoxy) is 4. The molecular formula is C20H18ClFN4O6. The summed E-state index contributed by atoms with van der Waals surface area (Å²) >= 11 is 6.25. The van der Waals surface area contributed by atoms with Crippen molar-refractivity contribution in [1.29, 1.82) is 0 Å². The number of aromatic nitrogens is 3. The van der Waals surface area contributed by atoms with Gasteiger partial charge in [-0.15, -0.1) is 0 Å². The van der Waals surface area contributed by atoms with Crippen LogP contribution in [0.3, 0.4) is 0 Å². The lowest BCUT2D eigenvalue weighted by atomic mass is 10.1. The number of halogens is 2. The Kier molecular flexibility index (Phi) is 5.33. The van der Waals surface area contributed by atoms with Crippen molar-refractivity contribution in [3.8, 4) is 11.8 Å². The van der Waals surface area contributed by atoms with Crippen molar-refractivity contribution in [2.24, 2.45) is 0 Å². The van der Waals surface area contributed by atoms with Crippen molar-refractivity contribution in [3.63, 3.8) is 0 Å². The number of methoxy groups -OCH3 is 1. The zero-order chi connectivity index (χ0) is 22.4. The quantitative estimate of drug-likeness (QED) is 0.522. The lowest BCUT2D eigenvalue weighted by molar-refractivity contribution is 0.00706. The highest BCUT2D eigenvalue weighted by Gasteiger charge is 2.48. The summed E-state index contributed by atoms with van der Waals surface area (Å²) in [5.74, 6) is -1.12. The number of aliphatic hydroxyl groups excluding tert-OH is 1. The van der Waals surface area contributed by atoms with Crippen molar-refractivity contribution in [2.45, 2.75) is 24.4 Å². The Balaban J connectivity index is 1.35. The molecule has 2 aliphatic rings. The normalized spacial score (nSPS) is 24.5. The van der Waals surface area contributed by atoms with E-state index in [1.807, 2.05) is 0 Å². The molecule has 32 heavy (non-hydrogen) atoms. The number of aromatic amines is 1.